The van der Waals surface area contributed by atoms with Gasteiger partial charge in [-0.05, 0) is 42.0 Å². The highest BCUT2D eigenvalue weighted by atomic mass is 35.5. The van der Waals surface area contributed by atoms with Gasteiger partial charge in [0.05, 0.1) is 13.2 Å². The van der Waals surface area contributed by atoms with Crippen molar-refractivity contribution >= 4 is 28.5 Å². The summed E-state index contributed by atoms with van der Waals surface area (Å²) < 4.78 is 5.82. The first-order valence-electron chi connectivity index (χ1n) is 8.09. The van der Waals surface area contributed by atoms with Crippen molar-refractivity contribution in [2.75, 3.05) is 19.7 Å². The topological polar surface area (TPSA) is 55.3 Å². The van der Waals surface area contributed by atoms with Crippen molar-refractivity contribution in [2.24, 2.45) is 0 Å². The van der Waals surface area contributed by atoms with E-state index in [1.54, 1.807) is 17.2 Å². The van der Waals surface area contributed by atoms with Crippen LogP contribution < -0.4 is 0 Å². The Labute approximate surface area is 150 Å². The fraction of sp³-hybridized carbons (Fsp3) is 0.211. The number of fused-ring (bicyclic) bond motifs is 1. The Bertz CT molecular complexity index is 914. The van der Waals surface area contributed by atoms with Gasteiger partial charge < -0.3 is 9.64 Å². The van der Waals surface area contributed by atoms with Gasteiger partial charge in [-0.2, -0.15) is 0 Å². The number of rotatable bonds is 2. The summed E-state index contributed by atoms with van der Waals surface area (Å²) >= 11 is 5.94. The molecule has 1 atom stereocenters. The van der Waals surface area contributed by atoms with E-state index in [9.17, 15) is 4.79 Å². The van der Waals surface area contributed by atoms with Gasteiger partial charge in [0.25, 0.3) is 5.91 Å². The molecular weight excluding hydrogens is 338 g/mol. The van der Waals surface area contributed by atoms with Crippen LogP contribution in [0.15, 0.2) is 54.7 Å². The number of halogens is 1. The zero-order valence-electron chi connectivity index (χ0n) is 13.4. The fourth-order valence-corrected chi connectivity index (χ4v) is 3.07. The Morgan fingerprint density at radius 3 is 2.84 bits per heavy atom. The van der Waals surface area contributed by atoms with Crippen LogP contribution in [-0.2, 0) is 4.74 Å². The maximum atomic E-state index is 12.8. The van der Waals surface area contributed by atoms with E-state index in [0.717, 1.165) is 10.9 Å². The highest BCUT2D eigenvalue weighted by molar-refractivity contribution is 6.30. The molecule has 0 saturated carbocycles. The summed E-state index contributed by atoms with van der Waals surface area (Å²) in [5.74, 6) is -0.102. The molecule has 0 bridgehead atoms. The highest BCUT2D eigenvalue weighted by Gasteiger charge is 2.27. The number of carbonyl (C=O) groups excluding carboxylic acids is 1. The molecule has 1 aliphatic heterocycles. The summed E-state index contributed by atoms with van der Waals surface area (Å²) in [5, 5.41) is 1.60. The summed E-state index contributed by atoms with van der Waals surface area (Å²) in [6.07, 6.45) is 1.52. The van der Waals surface area contributed by atoms with Gasteiger partial charge in [-0.15, -0.1) is 0 Å². The van der Waals surface area contributed by atoms with Crippen molar-refractivity contribution in [3.63, 3.8) is 0 Å². The van der Waals surface area contributed by atoms with Crippen LogP contribution >= 0.6 is 11.6 Å². The van der Waals surface area contributed by atoms with Crippen LogP contribution in [0.25, 0.3) is 11.0 Å². The first kappa shape index (κ1) is 16.0. The lowest BCUT2D eigenvalue weighted by atomic mass is 10.1. The molecule has 3 aromatic rings. The normalized spacial score (nSPS) is 17.6. The summed E-state index contributed by atoms with van der Waals surface area (Å²) in [6, 6.07) is 14.9. The van der Waals surface area contributed by atoms with E-state index in [1.807, 2.05) is 42.5 Å². The van der Waals surface area contributed by atoms with Gasteiger partial charge in [0.15, 0.2) is 5.65 Å². The number of nitrogens with zero attached hydrogens (tertiary/aromatic N) is 3. The zero-order valence-corrected chi connectivity index (χ0v) is 14.2. The molecule has 25 heavy (non-hydrogen) atoms. The number of hydrogen-bond donors (Lipinski definition) is 0. The van der Waals surface area contributed by atoms with E-state index in [1.165, 1.54) is 0 Å². The number of ether oxygens (including phenoxy) is 1. The Kier molecular flexibility index (Phi) is 4.34. The second-order valence-electron chi connectivity index (χ2n) is 5.91. The molecule has 0 spiro atoms. The quantitative estimate of drug-likeness (QED) is 0.707. The minimum atomic E-state index is -0.159. The fourth-order valence-electron chi connectivity index (χ4n) is 2.95. The van der Waals surface area contributed by atoms with Crippen LogP contribution in [0.4, 0.5) is 0 Å². The maximum absolute atomic E-state index is 12.8. The minimum Gasteiger partial charge on any atom is -0.370 e. The molecule has 1 aliphatic rings. The molecule has 0 aliphatic carbocycles. The lowest BCUT2D eigenvalue weighted by molar-refractivity contribution is -0.0230. The maximum Gasteiger partial charge on any atom is 0.272 e. The predicted octanol–water partition coefficient (Wildman–Crippen LogP) is 3.50. The van der Waals surface area contributed by atoms with Crippen LogP contribution in [0.1, 0.15) is 22.2 Å². The summed E-state index contributed by atoms with van der Waals surface area (Å²) in [6.45, 7) is 1.53. The van der Waals surface area contributed by atoms with Crippen molar-refractivity contribution in [1.29, 1.82) is 0 Å². The van der Waals surface area contributed by atoms with E-state index >= 15 is 0 Å². The summed E-state index contributed by atoms with van der Waals surface area (Å²) in [7, 11) is 0. The van der Waals surface area contributed by atoms with Crippen molar-refractivity contribution < 1.29 is 9.53 Å². The number of carbonyl (C=O) groups is 1. The smallest absolute Gasteiger partial charge is 0.272 e. The van der Waals surface area contributed by atoms with Crippen molar-refractivity contribution in [3.8, 4) is 0 Å². The Balaban J connectivity index is 1.55. The average Bonchev–Trinajstić information content (AvgIpc) is 2.68. The van der Waals surface area contributed by atoms with Crippen molar-refractivity contribution in [1.82, 2.24) is 14.9 Å². The largest absolute Gasteiger partial charge is 0.370 e. The average molecular weight is 354 g/mol. The van der Waals surface area contributed by atoms with Gasteiger partial charge in [0, 0.05) is 23.2 Å². The number of aromatic nitrogens is 2. The monoisotopic (exact) mass is 353 g/mol. The number of benzene rings is 1. The Hall–Kier alpha value is -2.50. The molecule has 1 saturated heterocycles. The van der Waals surface area contributed by atoms with Gasteiger partial charge in [-0.25, -0.2) is 9.97 Å². The van der Waals surface area contributed by atoms with Gasteiger partial charge >= 0.3 is 0 Å². The molecule has 5 nitrogen and oxygen atoms in total. The first-order chi connectivity index (χ1) is 12.2. The molecule has 126 valence electrons. The summed E-state index contributed by atoms with van der Waals surface area (Å²) in [5.41, 5.74) is 1.99. The lowest BCUT2D eigenvalue weighted by Gasteiger charge is -2.33. The second-order valence-corrected chi connectivity index (χ2v) is 6.35. The van der Waals surface area contributed by atoms with Gasteiger partial charge in [0.1, 0.15) is 11.8 Å². The number of hydrogen-bond acceptors (Lipinski definition) is 4. The minimum absolute atomic E-state index is 0.102. The van der Waals surface area contributed by atoms with Gasteiger partial charge in [-0.1, -0.05) is 23.7 Å². The molecule has 4 rings (SSSR count). The molecule has 0 radical (unpaired) electrons. The first-order valence-corrected chi connectivity index (χ1v) is 8.46. The van der Waals surface area contributed by atoms with Crippen LogP contribution in [-0.4, -0.2) is 40.5 Å². The number of amides is 1. The Morgan fingerprint density at radius 2 is 2.00 bits per heavy atom. The highest BCUT2D eigenvalue weighted by Crippen LogP contribution is 2.24. The standard InChI is InChI=1S/C19H16ClN3O2/c20-15-6-3-13(4-7-15)17-12-23(10-11-25-17)19(24)16-8-5-14-2-1-9-21-18(14)22-16/h1-9,17H,10-12H2. The predicted molar refractivity (Wildman–Crippen MR) is 95.6 cm³/mol. The number of pyridine rings is 2. The molecule has 1 aromatic carbocycles. The van der Waals surface area contributed by atoms with E-state index in [0.29, 0.717) is 36.1 Å². The van der Waals surface area contributed by atoms with Gasteiger partial charge in [0.2, 0.25) is 0 Å². The Morgan fingerprint density at radius 1 is 1.16 bits per heavy atom. The summed E-state index contributed by atoms with van der Waals surface area (Å²) in [4.78, 5) is 23.2. The second kappa shape index (κ2) is 6.78. The molecule has 3 heterocycles. The third kappa shape index (κ3) is 3.34. The van der Waals surface area contributed by atoms with E-state index in [2.05, 4.69) is 9.97 Å². The van der Waals surface area contributed by atoms with E-state index < -0.39 is 0 Å². The molecule has 1 amide bonds. The van der Waals surface area contributed by atoms with Crippen LogP contribution in [0.3, 0.4) is 0 Å². The van der Waals surface area contributed by atoms with Crippen LogP contribution in [0.2, 0.25) is 5.02 Å². The SMILES string of the molecule is O=C(c1ccc2cccnc2n1)N1CCOC(c2ccc(Cl)cc2)C1. The van der Waals surface area contributed by atoms with E-state index in [4.69, 9.17) is 16.3 Å². The van der Waals surface area contributed by atoms with Gasteiger partial charge in [-0.3, -0.25) is 4.79 Å². The third-order valence-corrected chi connectivity index (χ3v) is 4.53. The zero-order chi connectivity index (χ0) is 17.2. The molecule has 6 heteroatoms. The third-order valence-electron chi connectivity index (χ3n) is 4.28. The molecule has 2 aromatic heterocycles. The molecule has 0 N–H and O–H groups in total. The number of morpholine rings is 1. The van der Waals surface area contributed by atoms with Crippen molar-refractivity contribution in [2.45, 2.75) is 6.10 Å². The molecule has 1 fully saturated rings. The van der Waals surface area contributed by atoms with Crippen molar-refractivity contribution in [3.05, 3.63) is 71.0 Å². The van der Waals surface area contributed by atoms with Crippen LogP contribution in [0, 0.1) is 0 Å². The van der Waals surface area contributed by atoms with Crippen LogP contribution in [0.5, 0.6) is 0 Å². The lowest BCUT2D eigenvalue weighted by Crippen LogP contribution is -2.42. The molecule has 1 unspecified atom stereocenters. The van der Waals surface area contributed by atoms with E-state index in [-0.39, 0.29) is 12.0 Å². The molecular formula is C19H16ClN3O2.